The molecule has 74 heavy (non-hydrogen) atoms. The maximum absolute atomic E-state index is 12.8. The third-order valence-electron chi connectivity index (χ3n) is 15.2. The molecule has 0 bridgehead atoms. The second-order valence-corrected chi connectivity index (χ2v) is 22.7. The molecule has 0 amide bonds. The van der Waals surface area contributed by atoms with Gasteiger partial charge in [-0.1, -0.05) is 328 Å². The summed E-state index contributed by atoms with van der Waals surface area (Å²) in [6, 6.07) is 0. The number of carbonyl (C=O) groups is 3. The largest absolute Gasteiger partial charge is 0.462 e. The van der Waals surface area contributed by atoms with E-state index in [-0.39, 0.29) is 31.1 Å². The standard InChI is InChI=1S/C68H128O6/c1-4-7-10-13-15-17-19-21-23-25-27-29-30-31-32-33-34-35-36-37-39-40-42-44-46-48-50-52-55-58-61-67(70)73-64-65(63-72-66(69)60-57-54-12-9-6-3)74-68(71)62-59-56-53-51-49-47-45-43-41-38-28-26-24-22-20-18-16-14-11-8-5-2/h20,22,26,28,65H,4-19,21,23-25,27,29-64H2,1-3H3/b22-20-,28-26-. The van der Waals surface area contributed by atoms with Crippen LogP contribution in [0.15, 0.2) is 24.3 Å². The van der Waals surface area contributed by atoms with Crippen LogP contribution in [-0.2, 0) is 28.6 Å². The van der Waals surface area contributed by atoms with Gasteiger partial charge in [-0.3, -0.25) is 14.4 Å². The molecule has 6 nitrogen and oxygen atoms in total. The molecule has 0 aromatic rings. The van der Waals surface area contributed by atoms with Crippen molar-refractivity contribution in [2.45, 2.75) is 380 Å². The third-order valence-corrected chi connectivity index (χ3v) is 15.2. The highest BCUT2D eigenvalue weighted by molar-refractivity contribution is 5.71. The number of hydrogen-bond donors (Lipinski definition) is 0. The van der Waals surface area contributed by atoms with E-state index in [0.29, 0.717) is 19.3 Å². The highest BCUT2D eigenvalue weighted by Gasteiger charge is 2.19. The van der Waals surface area contributed by atoms with Crippen molar-refractivity contribution in [1.82, 2.24) is 0 Å². The molecule has 0 saturated carbocycles. The first-order chi connectivity index (χ1) is 36.5. The maximum atomic E-state index is 12.8. The van der Waals surface area contributed by atoms with E-state index in [9.17, 15) is 14.4 Å². The highest BCUT2D eigenvalue weighted by atomic mass is 16.6. The van der Waals surface area contributed by atoms with Gasteiger partial charge in [0.2, 0.25) is 0 Å². The molecular weight excluding hydrogens is 913 g/mol. The number of allylic oxidation sites excluding steroid dienone is 4. The summed E-state index contributed by atoms with van der Waals surface area (Å²) in [5.74, 6) is -0.864. The van der Waals surface area contributed by atoms with Crippen LogP contribution in [0.25, 0.3) is 0 Å². The van der Waals surface area contributed by atoms with Crippen molar-refractivity contribution in [2.24, 2.45) is 0 Å². The molecule has 0 rings (SSSR count). The molecule has 0 aliphatic carbocycles. The lowest BCUT2D eigenvalue weighted by Crippen LogP contribution is -2.30. The van der Waals surface area contributed by atoms with Crippen LogP contribution in [-0.4, -0.2) is 37.2 Å². The minimum absolute atomic E-state index is 0.0686. The van der Waals surface area contributed by atoms with Crippen LogP contribution in [0.1, 0.15) is 374 Å². The van der Waals surface area contributed by atoms with Gasteiger partial charge in [0, 0.05) is 19.3 Å². The Morgan fingerprint density at radius 2 is 0.486 bits per heavy atom. The van der Waals surface area contributed by atoms with Crippen LogP contribution in [0.2, 0.25) is 0 Å². The smallest absolute Gasteiger partial charge is 0.306 e. The number of esters is 3. The van der Waals surface area contributed by atoms with Crippen molar-refractivity contribution in [3.8, 4) is 0 Å². The molecule has 6 heteroatoms. The molecule has 0 spiro atoms. The predicted molar refractivity (Wildman–Crippen MR) is 321 cm³/mol. The van der Waals surface area contributed by atoms with Crippen LogP contribution in [0.5, 0.6) is 0 Å². The first kappa shape index (κ1) is 71.9. The quantitative estimate of drug-likeness (QED) is 0.0261. The van der Waals surface area contributed by atoms with Crippen LogP contribution in [0, 0.1) is 0 Å². The van der Waals surface area contributed by atoms with E-state index < -0.39 is 6.10 Å². The molecule has 0 aromatic heterocycles. The Kier molecular flexibility index (Phi) is 61.6. The molecule has 0 fully saturated rings. The molecule has 0 radical (unpaired) electrons. The number of rotatable bonds is 62. The molecular formula is C68H128O6. The SMILES string of the molecule is CCCCCCC/C=C\C/C=C\CCCCCCCCCCCC(=O)OC(COC(=O)CCCCCCC)COC(=O)CCCCCCCCCCCCCCCCCCCCCCCCCCCCCCCC. The van der Waals surface area contributed by atoms with E-state index >= 15 is 0 Å². The van der Waals surface area contributed by atoms with Crippen LogP contribution in [0.4, 0.5) is 0 Å². The summed E-state index contributed by atoms with van der Waals surface area (Å²) < 4.78 is 16.8. The molecule has 0 heterocycles. The summed E-state index contributed by atoms with van der Waals surface area (Å²) in [5.41, 5.74) is 0. The van der Waals surface area contributed by atoms with Crippen molar-refractivity contribution >= 4 is 17.9 Å². The maximum Gasteiger partial charge on any atom is 0.306 e. The minimum Gasteiger partial charge on any atom is -0.462 e. The zero-order chi connectivity index (χ0) is 53.6. The normalized spacial score (nSPS) is 12.1. The fourth-order valence-electron chi connectivity index (χ4n) is 10.2. The Bertz CT molecular complexity index is 1190. The Balaban J connectivity index is 3.93. The topological polar surface area (TPSA) is 78.9 Å². The second kappa shape index (κ2) is 63.4. The molecule has 0 aromatic carbocycles. The molecule has 0 N–H and O–H groups in total. The van der Waals surface area contributed by atoms with E-state index in [0.717, 1.165) is 70.6 Å². The van der Waals surface area contributed by atoms with E-state index in [2.05, 4.69) is 45.1 Å². The lowest BCUT2D eigenvalue weighted by atomic mass is 10.0. The van der Waals surface area contributed by atoms with Gasteiger partial charge in [0.15, 0.2) is 6.10 Å². The Morgan fingerprint density at radius 1 is 0.270 bits per heavy atom. The first-order valence-electron chi connectivity index (χ1n) is 33.3. The minimum atomic E-state index is -0.767. The van der Waals surface area contributed by atoms with Crippen molar-refractivity contribution in [1.29, 1.82) is 0 Å². The predicted octanol–water partition coefficient (Wildman–Crippen LogP) is 22.6. The van der Waals surface area contributed by atoms with Gasteiger partial charge in [-0.05, 0) is 51.4 Å². The van der Waals surface area contributed by atoms with Gasteiger partial charge in [-0.25, -0.2) is 0 Å². The van der Waals surface area contributed by atoms with Gasteiger partial charge in [-0.15, -0.1) is 0 Å². The van der Waals surface area contributed by atoms with Crippen molar-refractivity contribution in [2.75, 3.05) is 13.2 Å². The van der Waals surface area contributed by atoms with Gasteiger partial charge in [0.1, 0.15) is 13.2 Å². The van der Waals surface area contributed by atoms with Crippen LogP contribution < -0.4 is 0 Å². The lowest BCUT2D eigenvalue weighted by molar-refractivity contribution is -0.167. The van der Waals surface area contributed by atoms with Gasteiger partial charge in [0.05, 0.1) is 0 Å². The monoisotopic (exact) mass is 1040 g/mol. The fourth-order valence-corrected chi connectivity index (χ4v) is 10.2. The second-order valence-electron chi connectivity index (χ2n) is 22.7. The molecule has 0 aliphatic rings. The van der Waals surface area contributed by atoms with Crippen LogP contribution >= 0.6 is 0 Å². The highest BCUT2D eigenvalue weighted by Crippen LogP contribution is 2.18. The number of unbranched alkanes of at least 4 members (excludes halogenated alkanes) is 47. The van der Waals surface area contributed by atoms with E-state index in [1.165, 1.54) is 263 Å². The van der Waals surface area contributed by atoms with Gasteiger partial charge < -0.3 is 14.2 Å². The number of ether oxygens (including phenoxy) is 3. The van der Waals surface area contributed by atoms with Crippen LogP contribution in [0.3, 0.4) is 0 Å². The molecule has 436 valence electrons. The Morgan fingerprint density at radius 3 is 0.743 bits per heavy atom. The van der Waals surface area contributed by atoms with Gasteiger partial charge in [-0.2, -0.15) is 0 Å². The van der Waals surface area contributed by atoms with E-state index in [1.807, 2.05) is 0 Å². The summed E-state index contributed by atoms with van der Waals surface area (Å²) in [7, 11) is 0. The zero-order valence-electron chi connectivity index (χ0n) is 50.1. The lowest BCUT2D eigenvalue weighted by Gasteiger charge is -2.18. The molecule has 1 atom stereocenters. The fraction of sp³-hybridized carbons (Fsp3) is 0.897. The summed E-state index contributed by atoms with van der Waals surface area (Å²) in [6.45, 7) is 6.61. The summed E-state index contributed by atoms with van der Waals surface area (Å²) in [6.07, 6.45) is 76.9. The van der Waals surface area contributed by atoms with Crippen molar-refractivity contribution in [3.05, 3.63) is 24.3 Å². The Labute approximate surface area is 462 Å². The van der Waals surface area contributed by atoms with Gasteiger partial charge in [0.25, 0.3) is 0 Å². The molecule has 0 saturated heterocycles. The van der Waals surface area contributed by atoms with E-state index in [1.54, 1.807) is 0 Å². The summed E-state index contributed by atoms with van der Waals surface area (Å²) >= 11 is 0. The van der Waals surface area contributed by atoms with Crippen molar-refractivity contribution in [3.63, 3.8) is 0 Å². The molecule has 1 unspecified atom stereocenters. The zero-order valence-corrected chi connectivity index (χ0v) is 50.1. The van der Waals surface area contributed by atoms with Gasteiger partial charge >= 0.3 is 17.9 Å². The number of hydrogen-bond acceptors (Lipinski definition) is 6. The Hall–Kier alpha value is -2.11. The average Bonchev–Trinajstić information content (AvgIpc) is 3.40. The van der Waals surface area contributed by atoms with E-state index in [4.69, 9.17) is 14.2 Å². The number of carbonyl (C=O) groups excluding carboxylic acids is 3. The average molecular weight is 1040 g/mol. The first-order valence-corrected chi connectivity index (χ1v) is 33.3. The van der Waals surface area contributed by atoms with Crippen molar-refractivity contribution < 1.29 is 28.6 Å². The third kappa shape index (κ3) is 60.8. The summed E-state index contributed by atoms with van der Waals surface area (Å²) in [4.78, 5) is 37.9. The molecule has 0 aliphatic heterocycles. The summed E-state index contributed by atoms with van der Waals surface area (Å²) in [5, 5.41) is 0.